The fourth-order valence-electron chi connectivity index (χ4n) is 5.69. The number of carbonyl (C=O) groups excluding carboxylic acids is 3. The van der Waals surface area contributed by atoms with E-state index in [1.165, 1.54) is 12.1 Å². The Kier molecular flexibility index (Phi) is 9.70. The van der Waals surface area contributed by atoms with Gasteiger partial charge in [0, 0.05) is 25.2 Å². The van der Waals surface area contributed by atoms with Crippen molar-refractivity contribution < 1.29 is 28.2 Å². The molecule has 0 saturated carbocycles. The van der Waals surface area contributed by atoms with E-state index in [2.05, 4.69) is 17.0 Å². The van der Waals surface area contributed by atoms with E-state index in [4.69, 9.17) is 19.1 Å². The second-order valence-corrected chi connectivity index (χ2v) is 10.2. The van der Waals surface area contributed by atoms with Crippen LogP contribution in [0.15, 0.2) is 66.7 Å². The normalized spacial score (nSPS) is 16.3. The first-order chi connectivity index (χ1) is 19.4. The molecule has 2 heterocycles. The van der Waals surface area contributed by atoms with Gasteiger partial charge in [-0.1, -0.05) is 30.3 Å². The molecule has 2 saturated heterocycles. The predicted octanol–water partition coefficient (Wildman–Crippen LogP) is 5.73. The number of anilines is 1. The summed E-state index contributed by atoms with van der Waals surface area (Å²) < 4.78 is 25.7. The van der Waals surface area contributed by atoms with Crippen LogP contribution in [-0.4, -0.2) is 49.8 Å². The zero-order valence-corrected chi connectivity index (χ0v) is 23.0. The van der Waals surface area contributed by atoms with Gasteiger partial charge >= 0.3 is 6.15 Å². The number of rotatable bonds is 8. The van der Waals surface area contributed by atoms with E-state index in [9.17, 15) is 9.18 Å². The van der Waals surface area contributed by atoms with Crippen LogP contribution in [0.2, 0.25) is 0 Å². The Morgan fingerprint density at radius 3 is 2.02 bits per heavy atom. The number of carbonyl (C=O) groups is 1. The van der Waals surface area contributed by atoms with Gasteiger partial charge in [0.05, 0.1) is 18.8 Å². The molecule has 40 heavy (non-hydrogen) atoms. The smallest absolute Gasteiger partial charge is 0.373 e. The molecule has 1 spiro atoms. The van der Waals surface area contributed by atoms with Gasteiger partial charge in [-0.05, 0) is 92.7 Å². The molecule has 3 aromatic rings. The maximum Gasteiger partial charge on any atom is 0.373 e. The number of halogens is 1. The topological polar surface area (TPSA) is 76.2 Å². The average Bonchev–Trinajstić information content (AvgIpc) is 3.27. The summed E-state index contributed by atoms with van der Waals surface area (Å²) in [5.74, 6) is 1.47. The standard InChI is InChI=1S/C31H35FN2O3.CO2/c1-3-36-27-18-23(19-28(37-4-2)30(27)24-10-12-25(32)13-11-24)21-33-16-14-31(15-17-33)20-29(35)34(22-31)26-8-6-5-7-9-26;2-1-3/h5-13,18-19H,3-4,14-17,20-22H2,1-2H3;. The lowest BCUT2D eigenvalue weighted by Crippen LogP contribution is -2.41. The fraction of sp³-hybridized carbons (Fsp3) is 0.375. The Morgan fingerprint density at radius 2 is 1.48 bits per heavy atom. The fourth-order valence-corrected chi connectivity index (χ4v) is 5.69. The first kappa shape index (κ1) is 29.0. The maximum atomic E-state index is 13.6. The van der Waals surface area contributed by atoms with E-state index in [0.29, 0.717) is 19.6 Å². The lowest BCUT2D eigenvalue weighted by molar-refractivity contribution is -0.191. The van der Waals surface area contributed by atoms with E-state index < -0.39 is 0 Å². The van der Waals surface area contributed by atoms with E-state index in [-0.39, 0.29) is 23.3 Å². The number of hydrogen-bond donors (Lipinski definition) is 0. The van der Waals surface area contributed by atoms with Crippen LogP contribution in [0, 0.1) is 11.2 Å². The highest BCUT2D eigenvalue weighted by molar-refractivity contribution is 5.96. The number of nitrogens with zero attached hydrogens (tertiary/aromatic N) is 2. The monoisotopic (exact) mass is 546 g/mol. The van der Waals surface area contributed by atoms with Gasteiger partial charge in [0.15, 0.2) is 0 Å². The Hall–Kier alpha value is -4.00. The molecule has 8 heteroatoms. The molecule has 7 nitrogen and oxygen atoms in total. The van der Waals surface area contributed by atoms with Crippen LogP contribution in [-0.2, 0) is 20.9 Å². The summed E-state index contributed by atoms with van der Waals surface area (Å²) in [5, 5.41) is 0. The average molecular weight is 547 g/mol. The van der Waals surface area contributed by atoms with Crippen LogP contribution < -0.4 is 14.4 Å². The molecule has 2 aliphatic heterocycles. The van der Waals surface area contributed by atoms with Crippen molar-refractivity contribution in [2.24, 2.45) is 5.41 Å². The summed E-state index contributed by atoms with van der Waals surface area (Å²) in [4.78, 5) is 33.5. The van der Waals surface area contributed by atoms with Crippen molar-refractivity contribution in [3.8, 4) is 22.6 Å². The van der Waals surface area contributed by atoms with Crippen molar-refractivity contribution in [1.82, 2.24) is 4.90 Å². The minimum atomic E-state index is -0.269. The summed E-state index contributed by atoms with van der Waals surface area (Å²) in [6.45, 7) is 8.48. The van der Waals surface area contributed by atoms with Gasteiger partial charge in [-0.25, -0.2) is 4.39 Å². The zero-order valence-electron chi connectivity index (χ0n) is 23.0. The molecule has 0 radical (unpaired) electrons. The molecule has 210 valence electrons. The Labute approximate surface area is 234 Å². The molecule has 0 unspecified atom stereocenters. The first-order valence-corrected chi connectivity index (χ1v) is 13.7. The highest BCUT2D eigenvalue weighted by atomic mass is 19.1. The van der Waals surface area contributed by atoms with Gasteiger partial charge in [-0.3, -0.25) is 9.69 Å². The molecule has 0 N–H and O–H groups in total. The van der Waals surface area contributed by atoms with Crippen molar-refractivity contribution in [2.75, 3.05) is 37.7 Å². The Balaban J connectivity index is 0.00000118. The molecule has 2 fully saturated rings. The van der Waals surface area contributed by atoms with Gasteiger partial charge in [-0.15, -0.1) is 0 Å². The molecular weight excluding hydrogens is 511 g/mol. The largest absolute Gasteiger partial charge is 0.493 e. The Bertz CT molecular complexity index is 1290. The van der Waals surface area contributed by atoms with E-state index >= 15 is 0 Å². The van der Waals surface area contributed by atoms with Crippen LogP contribution in [0.5, 0.6) is 11.5 Å². The van der Waals surface area contributed by atoms with Gasteiger partial charge in [0.1, 0.15) is 17.3 Å². The predicted molar refractivity (Wildman–Crippen MR) is 150 cm³/mol. The molecule has 1 amide bonds. The number of likely N-dealkylation sites (tertiary alicyclic amines) is 1. The Morgan fingerprint density at radius 1 is 0.900 bits per heavy atom. The summed E-state index contributed by atoms with van der Waals surface area (Å²) in [6, 6.07) is 20.6. The van der Waals surface area contributed by atoms with Crippen molar-refractivity contribution in [3.63, 3.8) is 0 Å². The minimum Gasteiger partial charge on any atom is -0.493 e. The van der Waals surface area contributed by atoms with E-state index in [0.717, 1.165) is 72.9 Å². The number of piperidine rings is 1. The number of amides is 1. The van der Waals surface area contributed by atoms with Crippen LogP contribution in [0.25, 0.3) is 11.1 Å². The van der Waals surface area contributed by atoms with Crippen molar-refractivity contribution in [3.05, 3.63) is 78.1 Å². The number of hydrogen-bond acceptors (Lipinski definition) is 6. The van der Waals surface area contributed by atoms with Crippen molar-refractivity contribution in [1.29, 1.82) is 0 Å². The number of para-hydroxylation sites is 1. The third kappa shape index (κ3) is 6.76. The summed E-state index contributed by atoms with van der Waals surface area (Å²) in [7, 11) is 0. The lowest BCUT2D eigenvalue weighted by Gasteiger charge is -2.39. The van der Waals surface area contributed by atoms with Crippen LogP contribution in [0.3, 0.4) is 0 Å². The lowest BCUT2D eigenvalue weighted by atomic mass is 9.77. The number of ether oxygens (including phenoxy) is 2. The highest BCUT2D eigenvalue weighted by Gasteiger charge is 2.45. The first-order valence-electron chi connectivity index (χ1n) is 13.7. The van der Waals surface area contributed by atoms with Gasteiger partial charge < -0.3 is 14.4 Å². The zero-order chi connectivity index (χ0) is 28.5. The molecule has 0 atom stereocenters. The van der Waals surface area contributed by atoms with Crippen molar-refractivity contribution in [2.45, 2.75) is 39.7 Å². The second-order valence-electron chi connectivity index (χ2n) is 10.2. The third-order valence-electron chi connectivity index (χ3n) is 7.57. The molecule has 0 aromatic heterocycles. The molecule has 5 rings (SSSR count). The van der Waals surface area contributed by atoms with Crippen LogP contribution >= 0.6 is 0 Å². The second kappa shape index (κ2) is 13.4. The van der Waals surface area contributed by atoms with E-state index in [1.54, 1.807) is 12.1 Å². The molecule has 0 aliphatic carbocycles. The van der Waals surface area contributed by atoms with Gasteiger partial charge in [-0.2, -0.15) is 9.59 Å². The quantitative estimate of drug-likeness (QED) is 0.360. The molecular formula is C32H35FN2O5. The summed E-state index contributed by atoms with van der Waals surface area (Å²) >= 11 is 0. The SMILES string of the molecule is CCOc1cc(CN2CCC3(CC2)CC(=O)N(c2ccccc2)C3)cc(OCC)c1-c1ccc(F)cc1.O=C=O. The highest BCUT2D eigenvalue weighted by Crippen LogP contribution is 2.44. The summed E-state index contributed by atoms with van der Waals surface area (Å²) in [6.07, 6.45) is 2.89. The maximum absolute atomic E-state index is 13.6. The third-order valence-corrected chi connectivity index (χ3v) is 7.57. The molecule has 2 aliphatic rings. The summed E-state index contributed by atoms with van der Waals surface area (Å²) in [5.41, 5.74) is 3.91. The van der Waals surface area contributed by atoms with Crippen molar-refractivity contribution >= 4 is 17.7 Å². The minimum absolute atomic E-state index is 0.0584. The molecule has 3 aromatic carbocycles. The van der Waals surface area contributed by atoms with Crippen LogP contribution in [0.1, 0.15) is 38.7 Å². The molecule has 0 bridgehead atoms. The van der Waals surface area contributed by atoms with Gasteiger partial charge in [0.2, 0.25) is 5.91 Å². The number of benzene rings is 3. The van der Waals surface area contributed by atoms with E-state index in [1.807, 2.05) is 49.1 Å². The van der Waals surface area contributed by atoms with Gasteiger partial charge in [0.25, 0.3) is 0 Å². The van der Waals surface area contributed by atoms with Crippen LogP contribution in [0.4, 0.5) is 10.1 Å².